The van der Waals surface area contributed by atoms with E-state index in [1.807, 2.05) is 30.3 Å². The highest BCUT2D eigenvalue weighted by Crippen LogP contribution is 2.29. The van der Waals surface area contributed by atoms with Gasteiger partial charge in [-0.05, 0) is 11.1 Å². The van der Waals surface area contributed by atoms with Crippen molar-refractivity contribution in [2.45, 2.75) is 13.2 Å². The van der Waals surface area contributed by atoms with E-state index in [0.29, 0.717) is 5.56 Å². The molecule has 0 saturated heterocycles. The lowest BCUT2D eigenvalue weighted by atomic mass is 10.1. The van der Waals surface area contributed by atoms with Crippen LogP contribution in [0.3, 0.4) is 0 Å². The van der Waals surface area contributed by atoms with E-state index in [0.717, 1.165) is 10.6 Å². The van der Waals surface area contributed by atoms with Gasteiger partial charge in [0.25, 0.3) is 17.5 Å². The molecular weight excluding hydrogens is 326 g/mol. The molecule has 2 amide bonds. The van der Waals surface area contributed by atoms with Gasteiger partial charge < -0.3 is 4.74 Å². The molecule has 2 aromatic carbocycles. The minimum absolute atomic E-state index is 0.0120. The Morgan fingerprint density at radius 3 is 2.68 bits per heavy atom. The Morgan fingerprint density at radius 2 is 1.96 bits per heavy atom. The van der Waals surface area contributed by atoms with Gasteiger partial charge in [-0.3, -0.25) is 25.1 Å². The van der Waals surface area contributed by atoms with Gasteiger partial charge in [0.2, 0.25) is 0 Å². The van der Waals surface area contributed by atoms with E-state index in [4.69, 9.17) is 4.74 Å². The third-order valence-electron chi connectivity index (χ3n) is 3.72. The Labute approximate surface area is 143 Å². The number of ether oxygens (including phenoxy) is 1. The maximum absolute atomic E-state index is 12.3. The molecular formula is C17H15N3O5. The van der Waals surface area contributed by atoms with Crippen molar-refractivity contribution < 1.29 is 19.2 Å². The van der Waals surface area contributed by atoms with E-state index in [-0.39, 0.29) is 31.0 Å². The third kappa shape index (κ3) is 3.64. The molecule has 0 bridgehead atoms. The molecule has 0 atom stereocenters. The highest BCUT2D eigenvalue weighted by Gasteiger charge is 2.35. The molecule has 1 N–H and O–H groups in total. The van der Waals surface area contributed by atoms with E-state index in [9.17, 15) is 19.7 Å². The number of nitro benzene ring substituents is 1. The van der Waals surface area contributed by atoms with Crippen LogP contribution in [0.4, 0.5) is 5.69 Å². The summed E-state index contributed by atoms with van der Waals surface area (Å²) in [5, 5.41) is 12.1. The van der Waals surface area contributed by atoms with Crippen molar-refractivity contribution in [1.82, 2.24) is 10.4 Å². The van der Waals surface area contributed by atoms with Crippen LogP contribution in [0, 0.1) is 10.1 Å². The van der Waals surface area contributed by atoms with Gasteiger partial charge in [-0.15, -0.1) is 0 Å². The summed E-state index contributed by atoms with van der Waals surface area (Å²) in [6, 6.07) is 13.8. The Kier molecular flexibility index (Phi) is 4.71. The highest BCUT2D eigenvalue weighted by molar-refractivity contribution is 6.02. The lowest BCUT2D eigenvalue weighted by Crippen LogP contribution is -2.43. The fourth-order valence-corrected chi connectivity index (χ4v) is 2.60. The topological polar surface area (TPSA) is 102 Å². The first kappa shape index (κ1) is 16.6. The van der Waals surface area contributed by atoms with Crippen molar-refractivity contribution in [3.8, 4) is 0 Å². The summed E-state index contributed by atoms with van der Waals surface area (Å²) in [5.74, 6) is -1.10. The second kappa shape index (κ2) is 7.10. The molecule has 0 aliphatic carbocycles. The molecule has 8 heteroatoms. The molecule has 0 spiro atoms. The van der Waals surface area contributed by atoms with Crippen molar-refractivity contribution in [1.29, 1.82) is 0 Å². The number of amides is 2. The fraction of sp³-hybridized carbons (Fsp3) is 0.176. The molecule has 2 aromatic rings. The van der Waals surface area contributed by atoms with Crippen molar-refractivity contribution >= 4 is 17.5 Å². The quantitative estimate of drug-likeness (QED) is 0.637. The normalized spacial score (nSPS) is 12.8. The Morgan fingerprint density at radius 1 is 1.20 bits per heavy atom. The van der Waals surface area contributed by atoms with E-state index in [1.165, 1.54) is 12.1 Å². The standard InChI is InChI=1S/C17H15N3O5/c21-15(11-25-10-12-5-2-1-3-6-12)18-19-9-13-7-4-8-14(20(23)24)16(13)17(19)22/h1-8H,9-11H2,(H,18,21). The number of fused-ring (bicyclic) bond motifs is 1. The van der Waals surface area contributed by atoms with Crippen LogP contribution in [0.25, 0.3) is 0 Å². The van der Waals surface area contributed by atoms with Gasteiger partial charge in [0.05, 0.1) is 18.1 Å². The second-order valence-electron chi connectivity index (χ2n) is 5.47. The molecule has 1 aliphatic heterocycles. The number of nitro groups is 1. The molecule has 0 fully saturated rings. The number of nitrogens with one attached hydrogen (secondary N) is 1. The van der Waals surface area contributed by atoms with Gasteiger partial charge in [0.15, 0.2) is 0 Å². The summed E-state index contributed by atoms with van der Waals surface area (Å²) in [5.41, 5.74) is 3.60. The average Bonchev–Trinajstić information content (AvgIpc) is 2.91. The van der Waals surface area contributed by atoms with Crippen molar-refractivity contribution in [3.05, 3.63) is 75.3 Å². The number of hydrazine groups is 1. The summed E-state index contributed by atoms with van der Waals surface area (Å²) in [7, 11) is 0. The zero-order valence-electron chi connectivity index (χ0n) is 13.2. The van der Waals surface area contributed by atoms with Crippen LogP contribution < -0.4 is 5.43 Å². The van der Waals surface area contributed by atoms with Crippen molar-refractivity contribution in [2.24, 2.45) is 0 Å². The summed E-state index contributed by atoms with van der Waals surface area (Å²) < 4.78 is 5.31. The van der Waals surface area contributed by atoms with Crippen LogP contribution in [0.5, 0.6) is 0 Å². The van der Waals surface area contributed by atoms with E-state index < -0.39 is 16.7 Å². The van der Waals surface area contributed by atoms with Gasteiger partial charge in [-0.25, -0.2) is 5.01 Å². The summed E-state index contributed by atoms with van der Waals surface area (Å²) in [6.07, 6.45) is 0. The molecule has 0 saturated carbocycles. The number of nitrogens with zero attached hydrogens (tertiary/aromatic N) is 2. The van der Waals surface area contributed by atoms with Crippen LogP contribution in [0.1, 0.15) is 21.5 Å². The molecule has 0 aromatic heterocycles. The number of hydrogen-bond donors (Lipinski definition) is 1. The monoisotopic (exact) mass is 341 g/mol. The fourth-order valence-electron chi connectivity index (χ4n) is 2.60. The molecule has 1 aliphatic rings. The Hall–Kier alpha value is -3.26. The number of carbonyl (C=O) groups is 2. The minimum Gasteiger partial charge on any atom is -0.367 e. The first-order valence-electron chi connectivity index (χ1n) is 7.55. The first-order chi connectivity index (χ1) is 12.1. The smallest absolute Gasteiger partial charge is 0.282 e. The number of benzene rings is 2. The van der Waals surface area contributed by atoms with Gasteiger partial charge in [0, 0.05) is 6.07 Å². The average molecular weight is 341 g/mol. The van der Waals surface area contributed by atoms with E-state index >= 15 is 0 Å². The maximum atomic E-state index is 12.3. The third-order valence-corrected chi connectivity index (χ3v) is 3.72. The highest BCUT2D eigenvalue weighted by atomic mass is 16.6. The second-order valence-corrected chi connectivity index (χ2v) is 5.47. The van der Waals surface area contributed by atoms with Crippen LogP contribution in [-0.4, -0.2) is 28.4 Å². The van der Waals surface area contributed by atoms with Crippen LogP contribution in [-0.2, 0) is 22.7 Å². The van der Waals surface area contributed by atoms with Crippen molar-refractivity contribution in [2.75, 3.05) is 6.61 Å². The number of hydrogen-bond acceptors (Lipinski definition) is 5. The molecule has 3 rings (SSSR count). The number of rotatable bonds is 6. The molecule has 0 radical (unpaired) electrons. The van der Waals surface area contributed by atoms with Crippen LogP contribution in [0.2, 0.25) is 0 Å². The zero-order chi connectivity index (χ0) is 17.8. The maximum Gasteiger partial charge on any atom is 0.282 e. The largest absolute Gasteiger partial charge is 0.367 e. The Balaban J connectivity index is 1.57. The van der Waals surface area contributed by atoms with Gasteiger partial charge >= 0.3 is 0 Å². The lowest BCUT2D eigenvalue weighted by Gasteiger charge is -2.16. The van der Waals surface area contributed by atoms with E-state index in [1.54, 1.807) is 6.07 Å². The van der Waals surface area contributed by atoms with Gasteiger partial charge in [-0.2, -0.15) is 0 Å². The first-order valence-corrected chi connectivity index (χ1v) is 7.55. The minimum atomic E-state index is -0.606. The van der Waals surface area contributed by atoms with E-state index in [2.05, 4.69) is 5.43 Å². The molecule has 1 heterocycles. The van der Waals surface area contributed by atoms with Crippen molar-refractivity contribution in [3.63, 3.8) is 0 Å². The SMILES string of the molecule is O=C(COCc1ccccc1)NN1Cc2cccc([N+](=O)[O-])c2C1=O. The summed E-state index contributed by atoms with van der Waals surface area (Å²) in [6.45, 7) is 0.130. The molecule has 8 nitrogen and oxygen atoms in total. The molecule has 25 heavy (non-hydrogen) atoms. The summed E-state index contributed by atoms with van der Waals surface area (Å²) in [4.78, 5) is 34.7. The number of carbonyl (C=O) groups excluding carboxylic acids is 2. The molecule has 128 valence electrons. The predicted octanol–water partition coefficient (Wildman–Crippen LogP) is 1.80. The zero-order valence-corrected chi connectivity index (χ0v) is 13.2. The van der Waals surface area contributed by atoms with Crippen LogP contribution >= 0.6 is 0 Å². The van der Waals surface area contributed by atoms with Gasteiger partial charge in [-0.1, -0.05) is 42.5 Å². The van der Waals surface area contributed by atoms with Gasteiger partial charge in [0.1, 0.15) is 12.2 Å². The predicted molar refractivity (Wildman–Crippen MR) is 87.2 cm³/mol. The lowest BCUT2D eigenvalue weighted by molar-refractivity contribution is -0.385. The Bertz CT molecular complexity index is 822. The van der Waals surface area contributed by atoms with Crippen LogP contribution in [0.15, 0.2) is 48.5 Å². The molecule has 0 unspecified atom stereocenters. The summed E-state index contributed by atoms with van der Waals surface area (Å²) >= 11 is 0.